The highest BCUT2D eigenvalue weighted by Crippen LogP contribution is 2.27. The highest BCUT2D eigenvalue weighted by Gasteiger charge is 2.35. The molecular formula is C28H27FN4O3. The van der Waals surface area contributed by atoms with E-state index in [0.29, 0.717) is 30.0 Å². The zero-order chi connectivity index (χ0) is 25.1. The molecule has 0 spiro atoms. The van der Waals surface area contributed by atoms with E-state index >= 15 is 0 Å². The summed E-state index contributed by atoms with van der Waals surface area (Å²) in [5, 5.41) is 2.87. The molecule has 7 nitrogen and oxygen atoms in total. The van der Waals surface area contributed by atoms with Crippen LogP contribution in [0.15, 0.2) is 78.9 Å². The topological polar surface area (TPSA) is 73.0 Å². The Morgan fingerprint density at radius 1 is 0.806 bits per heavy atom. The minimum absolute atomic E-state index is 0.0563. The summed E-state index contributed by atoms with van der Waals surface area (Å²) in [6.07, 6.45) is 0.0563. The minimum Gasteiger partial charge on any atom is -0.368 e. The molecule has 1 N–H and O–H groups in total. The molecule has 5 rings (SSSR count). The third-order valence-electron chi connectivity index (χ3n) is 6.74. The Morgan fingerprint density at radius 2 is 1.47 bits per heavy atom. The van der Waals surface area contributed by atoms with Crippen LogP contribution in [0.25, 0.3) is 0 Å². The molecule has 2 aliphatic heterocycles. The van der Waals surface area contributed by atoms with Crippen LogP contribution in [0.4, 0.5) is 21.5 Å². The quantitative estimate of drug-likeness (QED) is 0.596. The van der Waals surface area contributed by atoms with Crippen LogP contribution in [0, 0.1) is 11.7 Å². The molecule has 0 radical (unpaired) electrons. The highest BCUT2D eigenvalue weighted by molar-refractivity contribution is 6.07. The Bertz CT molecular complexity index is 1260. The standard InChI is InChI=1S/C28H27FN4O3/c29-21-10-12-23(13-11-21)33-19-20(18-26(33)34)27(35)30-25-9-5-4-8-24(25)28(36)32-16-14-31(15-17-32)22-6-2-1-3-7-22/h1-13,20H,14-19H2,(H,30,35). The maximum Gasteiger partial charge on any atom is 0.256 e. The van der Waals surface area contributed by atoms with Gasteiger partial charge in [0, 0.05) is 50.5 Å². The first-order valence-electron chi connectivity index (χ1n) is 12.0. The molecule has 3 amide bonds. The van der Waals surface area contributed by atoms with Crippen molar-refractivity contribution in [2.45, 2.75) is 6.42 Å². The van der Waals surface area contributed by atoms with Crippen LogP contribution in [0.3, 0.4) is 0 Å². The number of anilines is 3. The van der Waals surface area contributed by atoms with Crippen molar-refractivity contribution in [1.29, 1.82) is 0 Å². The SMILES string of the molecule is O=C(Nc1ccccc1C(=O)N1CCN(c2ccccc2)CC1)C1CC(=O)N(c2ccc(F)cc2)C1. The summed E-state index contributed by atoms with van der Waals surface area (Å²) in [5.74, 6) is -1.60. The Balaban J connectivity index is 1.23. The Labute approximate surface area is 209 Å². The third-order valence-corrected chi connectivity index (χ3v) is 6.74. The maximum atomic E-state index is 13.3. The lowest BCUT2D eigenvalue weighted by atomic mass is 10.1. The number of para-hydroxylation sites is 2. The van der Waals surface area contributed by atoms with Crippen LogP contribution in [-0.2, 0) is 9.59 Å². The largest absolute Gasteiger partial charge is 0.368 e. The third kappa shape index (κ3) is 4.93. The number of carbonyl (C=O) groups is 3. The lowest BCUT2D eigenvalue weighted by Crippen LogP contribution is -2.49. The first kappa shape index (κ1) is 23.5. The molecule has 0 saturated carbocycles. The molecule has 3 aromatic rings. The summed E-state index contributed by atoms with van der Waals surface area (Å²) in [4.78, 5) is 44.5. The number of amides is 3. The van der Waals surface area contributed by atoms with E-state index in [1.165, 1.54) is 29.2 Å². The first-order chi connectivity index (χ1) is 17.5. The molecule has 8 heteroatoms. The zero-order valence-corrected chi connectivity index (χ0v) is 19.8. The van der Waals surface area contributed by atoms with E-state index < -0.39 is 5.92 Å². The van der Waals surface area contributed by atoms with Crippen molar-refractivity contribution in [3.05, 3.63) is 90.2 Å². The van der Waals surface area contributed by atoms with Gasteiger partial charge in [0.25, 0.3) is 5.91 Å². The van der Waals surface area contributed by atoms with E-state index in [2.05, 4.69) is 22.3 Å². The van der Waals surface area contributed by atoms with Crippen LogP contribution in [-0.4, -0.2) is 55.3 Å². The molecule has 1 atom stereocenters. The van der Waals surface area contributed by atoms with Gasteiger partial charge in [-0.3, -0.25) is 14.4 Å². The van der Waals surface area contributed by atoms with Gasteiger partial charge in [-0.1, -0.05) is 30.3 Å². The van der Waals surface area contributed by atoms with Crippen molar-refractivity contribution >= 4 is 34.8 Å². The molecule has 2 fully saturated rings. The number of hydrogen-bond acceptors (Lipinski definition) is 4. The van der Waals surface area contributed by atoms with Gasteiger partial charge in [0.1, 0.15) is 5.82 Å². The van der Waals surface area contributed by atoms with Gasteiger partial charge >= 0.3 is 0 Å². The predicted octanol–water partition coefficient (Wildman–Crippen LogP) is 3.78. The van der Waals surface area contributed by atoms with Crippen LogP contribution in [0.1, 0.15) is 16.8 Å². The lowest BCUT2D eigenvalue weighted by molar-refractivity contribution is -0.122. The number of piperazine rings is 1. The van der Waals surface area contributed by atoms with Gasteiger partial charge in [-0.05, 0) is 48.5 Å². The van der Waals surface area contributed by atoms with Crippen molar-refractivity contribution in [2.75, 3.05) is 47.8 Å². The second kappa shape index (κ2) is 10.2. The van der Waals surface area contributed by atoms with Gasteiger partial charge in [-0.25, -0.2) is 4.39 Å². The molecule has 184 valence electrons. The molecule has 0 bridgehead atoms. The number of hydrogen-bond donors (Lipinski definition) is 1. The fourth-order valence-electron chi connectivity index (χ4n) is 4.74. The molecule has 3 aromatic carbocycles. The molecule has 2 saturated heterocycles. The van der Waals surface area contributed by atoms with Gasteiger partial charge < -0.3 is 20.0 Å². The van der Waals surface area contributed by atoms with Crippen molar-refractivity contribution in [1.82, 2.24) is 4.90 Å². The number of halogens is 1. The minimum atomic E-state index is -0.569. The van der Waals surface area contributed by atoms with E-state index in [0.717, 1.165) is 18.8 Å². The molecule has 36 heavy (non-hydrogen) atoms. The zero-order valence-electron chi connectivity index (χ0n) is 19.8. The van der Waals surface area contributed by atoms with Gasteiger partial charge in [0.2, 0.25) is 11.8 Å². The van der Waals surface area contributed by atoms with Gasteiger partial charge in [-0.15, -0.1) is 0 Å². The van der Waals surface area contributed by atoms with E-state index in [-0.39, 0.29) is 36.5 Å². The van der Waals surface area contributed by atoms with Crippen LogP contribution in [0.2, 0.25) is 0 Å². The van der Waals surface area contributed by atoms with Crippen molar-refractivity contribution in [2.24, 2.45) is 5.92 Å². The Hall–Kier alpha value is -4.20. The van der Waals surface area contributed by atoms with Crippen LogP contribution < -0.4 is 15.1 Å². The first-order valence-corrected chi connectivity index (χ1v) is 12.0. The summed E-state index contributed by atoms with van der Waals surface area (Å²) < 4.78 is 13.3. The number of nitrogens with zero attached hydrogens (tertiary/aromatic N) is 3. The average molecular weight is 487 g/mol. The van der Waals surface area contributed by atoms with E-state index in [1.54, 1.807) is 29.2 Å². The summed E-state index contributed by atoms with van der Waals surface area (Å²) in [5.41, 5.74) is 2.56. The lowest BCUT2D eigenvalue weighted by Gasteiger charge is -2.36. The maximum absolute atomic E-state index is 13.3. The van der Waals surface area contributed by atoms with Gasteiger partial charge in [0.05, 0.1) is 17.2 Å². The van der Waals surface area contributed by atoms with Crippen molar-refractivity contribution in [3.63, 3.8) is 0 Å². The Morgan fingerprint density at radius 3 is 2.19 bits per heavy atom. The summed E-state index contributed by atoms with van der Waals surface area (Å²) in [6.45, 7) is 2.83. The molecule has 2 aliphatic rings. The predicted molar refractivity (Wildman–Crippen MR) is 136 cm³/mol. The highest BCUT2D eigenvalue weighted by atomic mass is 19.1. The number of nitrogens with one attached hydrogen (secondary N) is 1. The summed E-state index contributed by atoms with van der Waals surface area (Å²) in [7, 11) is 0. The molecule has 0 aliphatic carbocycles. The molecule has 1 unspecified atom stereocenters. The molecular weight excluding hydrogens is 459 g/mol. The fourth-order valence-corrected chi connectivity index (χ4v) is 4.74. The van der Waals surface area contributed by atoms with Crippen molar-refractivity contribution in [3.8, 4) is 0 Å². The van der Waals surface area contributed by atoms with Crippen LogP contribution in [0.5, 0.6) is 0 Å². The summed E-state index contributed by atoms with van der Waals surface area (Å²) >= 11 is 0. The fraction of sp³-hybridized carbons (Fsp3) is 0.250. The Kier molecular flexibility index (Phi) is 6.66. The molecule has 0 aromatic heterocycles. The van der Waals surface area contributed by atoms with E-state index in [1.807, 2.05) is 18.2 Å². The smallest absolute Gasteiger partial charge is 0.256 e. The second-order valence-corrected chi connectivity index (χ2v) is 9.03. The van der Waals surface area contributed by atoms with E-state index in [4.69, 9.17) is 0 Å². The molecule has 2 heterocycles. The average Bonchev–Trinajstić information content (AvgIpc) is 3.31. The van der Waals surface area contributed by atoms with Crippen LogP contribution >= 0.6 is 0 Å². The van der Waals surface area contributed by atoms with Gasteiger partial charge in [0.15, 0.2) is 0 Å². The normalized spacial score (nSPS) is 17.9. The second-order valence-electron chi connectivity index (χ2n) is 9.03. The van der Waals surface area contributed by atoms with E-state index in [9.17, 15) is 18.8 Å². The summed E-state index contributed by atoms with van der Waals surface area (Å²) in [6, 6.07) is 22.7. The number of rotatable bonds is 5. The van der Waals surface area contributed by atoms with Gasteiger partial charge in [-0.2, -0.15) is 0 Å². The number of benzene rings is 3. The monoisotopic (exact) mass is 486 g/mol. The number of carbonyl (C=O) groups excluding carboxylic acids is 3. The van der Waals surface area contributed by atoms with Crippen molar-refractivity contribution < 1.29 is 18.8 Å².